The highest BCUT2D eigenvalue weighted by Crippen LogP contribution is 2.32. The lowest BCUT2D eigenvalue weighted by atomic mass is 9.95. The Morgan fingerprint density at radius 3 is 2.66 bits per heavy atom. The van der Waals surface area contributed by atoms with Crippen LogP contribution in [-0.4, -0.2) is 92.3 Å². The second-order valence-corrected chi connectivity index (χ2v) is 11.8. The van der Waals surface area contributed by atoms with Crippen LogP contribution in [0, 0.1) is 6.92 Å². The molecule has 0 saturated carbocycles. The molecule has 9 nitrogen and oxygen atoms in total. The third-order valence-electron chi connectivity index (χ3n) is 9.15. The highest BCUT2D eigenvalue weighted by Gasteiger charge is 2.39. The molecule has 4 saturated heterocycles. The Bertz CT molecular complexity index is 1110. The number of nitrogens with two attached hydrogens (primary N) is 1. The Kier molecular flexibility index (Phi) is 10.1. The number of benzene rings is 1. The second kappa shape index (κ2) is 14.0. The number of likely N-dealkylation sites (tertiary alicyclic amines) is 1. The van der Waals surface area contributed by atoms with Crippen molar-refractivity contribution in [2.75, 3.05) is 46.0 Å². The highest BCUT2D eigenvalue weighted by molar-refractivity contribution is 5.95. The Morgan fingerprint density at radius 2 is 1.90 bits per heavy atom. The van der Waals surface area contributed by atoms with E-state index in [9.17, 15) is 4.79 Å². The zero-order valence-corrected chi connectivity index (χ0v) is 24.7. The number of ether oxygens (including phenoxy) is 3. The standard InChI is InChI=1S/C32H47N5O4/c1-22-7-9-25(10-8-22)29-6-4-5-27(41-29)19-34-24(3)23(2)31(35-21-33)32(38)36-14-11-26(12-15-36)37-16-18-40-30-20-39-17-13-28(30)37/h7-10,21,26-30,34H,3-6,11-20H2,1-2H3,(H2,33,35)/b31-23-/t27-,28?,29+,30?/m1/s1. The molecule has 0 bridgehead atoms. The molecule has 0 aromatic heterocycles. The van der Waals surface area contributed by atoms with E-state index >= 15 is 0 Å². The van der Waals surface area contributed by atoms with Crippen LogP contribution in [-0.2, 0) is 19.0 Å². The monoisotopic (exact) mass is 565 g/mol. The van der Waals surface area contributed by atoms with E-state index in [2.05, 4.69) is 53.0 Å². The third kappa shape index (κ3) is 7.20. The largest absolute Gasteiger partial charge is 0.390 e. The van der Waals surface area contributed by atoms with Crippen LogP contribution in [0.5, 0.6) is 0 Å². The molecule has 3 N–H and O–H groups in total. The Hall–Kier alpha value is -2.72. The van der Waals surface area contributed by atoms with Crippen LogP contribution in [0.15, 0.2) is 52.8 Å². The number of morpholine rings is 1. The molecule has 0 aliphatic carbocycles. The van der Waals surface area contributed by atoms with Gasteiger partial charge in [0, 0.05) is 56.1 Å². The van der Waals surface area contributed by atoms with Gasteiger partial charge in [0.25, 0.3) is 5.91 Å². The molecule has 1 aromatic rings. The van der Waals surface area contributed by atoms with Crippen molar-refractivity contribution in [1.29, 1.82) is 0 Å². The minimum atomic E-state index is -0.0927. The van der Waals surface area contributed by atoms with E-state index < -0.39 is 0 Å². The number of aryl methyl sites for hydroxylation is 1. The maximum Gasteiger partial charge on any atom is 0.272 e. The molecule has 9 heteroatoms. The minimum Gasteiger partial charge on any atom is -0.390 e. The van der Waals surface area contributed by atoms with E-state index in [1.54, 1.807) is 0 Å². The maximum absolute atomic E-state index is 13.6. The van der Waals surface area contributed by atoms with Gasteiger partial charge in [0.15, 0.2) is 0 Å². The summed E-state index contributed by atoms with van der Waals surface area (Å²) in [5.41, 5.74) is 9.90. The molecule has 2 unspecified atom stereocenters. The van der Waals surface area contributed by atoms with Crippen LogP contribution < -0.4 is 11.1 Å². The number of nitrogens with one attached hydrogen (secondary N) is 1. The number of carbonyl (C=O) groups excluding carboxylic acids is 1. The first-order chi connectivity index (χ1) is 19.9. The second-order valence-electron chi connectivity index (χ2n) is 11.8. The molecule has 0 spiro atoms. The fourth-order valence-corrected chi connectivity index (χ4v) is 6.69. The average Bonchev–Trinajstić information content (AvgIpc) is 3.02. The molecule has 4 aliphatic heterocycles. The van der Waals surface area contributed by atoms with Gasteiger partial charge in [-0.15, -0.1) is 0 Å². The first-order valence-corrected chi connectivity index (χ1v) is 15.3. The summed E-state index contributed by atoms with van der Waals surface area (Å²) in [6.45, 7) is 13.4. The van der Waals surface area contributed by atoms with Crippen molar-refractivity contribution in [3.8, 4) is 0 Å². The number of nitrogens with zero attached hydrogens (tertiary/aromatic N) is 3. The van der Waals surface area contributed by atoms with Gasteiger partial charge in [-0.3, -0.25) is 9.69 Å². The van der Waals surface area contributed by atoms with E-state index in [0.29, 0.717) is 55.3 Å². The molecule has 4 fully saturated rings. The molecule has 4 aliphatic rings. The first kappa shape index (κ1) is 29.8. The van der Waals surface area contributed by atoms with Crippen LogP contribution in [0.25, 0.3) is 0 Å². The number of allylic oxidation sites excluding steroid dienone is 1. The maximum atomic E-state index is 13.6. The fraction of sp³-hybridized carbons (Fsp3) is 0.625. The number of piperidine rings is 1. The van der Waals surface area contributed by atoms with Crippen LogP contribution in [0.3, 0.4) is 0 Å². The topological polar surface area (TPSA) is 102 Å². The van der Waals surface area contributed by atoms with Gasteiger partial charge in [-0.25, -0.2) is 4.99 Å². The molecule has 1 amide bonds. The van der Waals surface area contributed by atoms with Gasteiger partial charge in [-0.1, -0.05) is 36.4 Å². The molecule has 5 rings (SSSR count). The van der Waals surface area contributed by atoms with Gasteiger partial charge in [-0.2, -0.15) is 0 Å². The van der Waals surface area contributed by atoms with Crippen molar-refractivity contribution < 1.29 is 19.0 Å². The number of amides is 1. The van der Waals surface area contributed by atoms with Gasteiger partial charge in [-0.05, 0) is 57.9 Å². The van der Waals surface area contributed by atoms with Gasteiger partial charge in [0.1, 0.15) is 5.70 Å². The molecular weight excluding hydrogens is 518 g/mol. The van der Waals surface area contributed by atoms with Crippen molar-refractivity contribution in [2.24, 2.45) is 10.7 Å². The summed E-state index contributed by atoms with van der Waals surface area (Å²) >= 11 is 0. The molecular formula is C32H47N5O4. The summed E-state index contributed by atoms with van der Waals surface area (Å²) in [6.07, 6.45) is 7.57. The molecule has 41 heavy (non-hydrogen) atoms. The lowest BCUT2D eigenvalue weighted by Gasteiger charge is -2.49. The Labute approximate surface area is 244 Å². The summed E-state index contributed by atoms with van der Waals surface area (Å²) in [6, 6.07) is 9.47. The van der Waals surface area contributed by atoms with E-state index in [-0.39, 0.29) is 24.2 Å². The predicted octanol–water partition coefficient (Wildman–Crippen LogP) is 3.45. The number of rotatable bonds is 8. The lowest BCUT2D eigenvalue weighted by Crippen LogP contribution is -2.60. The van der Waals surface area contributed by atoms with Crippen LogP contribution in [0.2, 0.25) is 0 Å². The van der Waals surface area contributed by atoms with Gasteiger partial charge in [0.2, 0.25) is 0 Å². The van der Waals surface area contributed by atoms with Crippen molar-refractivity contribution in [3.63, 3.8) is 0 Å². The van der Waals surface area contributed by atoms with Gasteiger partial charge >= 0.3 is 0 Å². The third-order valence-corrected chi connectivity index (χ3v) is 9.15. The summed E-state index contributed by atoms with van der Waals surface area (Å²) in [5, 5.41) is 3.41. The number of hydrogen-bond donors (Lipinski definition) is 2. The number of fused-ring (bicyclic) bond motifs is 1. The van der Waals surface area contributed by atoms with Crippen molar-refractivity contribution in [1.82, 2.24) is 15.1 Å². The smallest absolute Gasteiger partial charge is 0.272 e. The molecule has 224 valence electrons. The zero-order valence-electron chi connectivity index (χ0n) is 24.7. The predicted molar refractivity (Wildman–Crippen MR) is 160 cm³/mol. The minimum absolute atomic E-state index is 0.0753. The van der Waals surface area contributed by atoms with E-state index in [0.717, 1.165) is 58.3 Å². The van der Waals surface area contributed by atoms with Crippen LogP contribution >= 0.6 is 0 Å². The highest BCUT2D eigenvalue weighted by atomic mass is 16.5. The summed E-state index contributed by atoms with van der Waals surface area (Å²) in [5.74, 6) is -0.0927. The molecule has 0 radical (unpaired) electrons. The number of hydrogen-bond acceptors (Lipinski definition) is 7. The SMILES string of the molecule is C=C(NC[C@H]1CCC[C@@H](c2ccc(C)cc2)O1)/C(C)=C(\N=CN)C(=O)N1CCC(N2CCOC3COCCC32)CC1. The summed E-state index contributed by atoms with van der Waals surface area (Å²) in [7, 11) is 0. The van der Waals surface area contributed by atoms with Crippen molar-refractivity contribution in [2.45, 2.75) is 82.8 Å². The van der Waals surface area contributed by atoms with Gasteiger partial charge < -0.3 is 30.2 Å². The summed E-state index contributed by atoms with van der Waals surface area (Å²) < 4.78 is 18.0. The molecule has 4 atom stereocenters. The van der Waals surface area contributed by atoms with Crippen molar-refractivity contribution >= 4 is 12.2 Å². The lowest BCUT2D eigenvalue weighted by molar-refractivity contribution is -0.151. The average molecular weight is 566 g/mol. The van der Waals surface area contributed by atoms with E-state index in [4.69, 9.17) is 19.9 Å². The normalized spacial score (nSPS) is 28.7. The number of carbonyl (C=O) groups is 1. The van der Waals surface area contributed by atoms with Crippen LogP contribution in [0.4, 0.5) is 0 Å². The fourth-order valence-electron chi connectivity index (χ4n) is 6.69. The van der Waals surface area contributed by atoms with E-state index in [1.807, 2.05) is 11.8 Å². The quantitative estimate of drug-likeness (QED) is 0.216. The first-order valence-electron chi connectivity index (χ1n) is 15.3. The van der Waals surface area contributed by atoms with Crippen LogP contribution in [0.1, 0.15) is 62.7 Å². The van der Waals surface area contributed by atoms with Gasteiger partial charge in [0.05, 0.1) is 37.9 Å². The number of aliphatic imine (C=N–C) groups is 1. The summed E-state index contributed by atoms with van der Waals surface area (Å²) in [4.78, 5) is 22.5. The molecule has 4 heterocycles. The molecule has 1 aromatic carbocycles. The van der Waals surface area contributed by atoms with E-state index in [1.165, 1.54) is 17.5 Å². The van der Waals surface area contributed by atoms with Crippen molar-refractivity contribution in [3.05, 3.63) is 58.9 Å². The Balaban J connectivity index is 1.15. The Morgan fingerprint density at radius 1 is 1.12 bits per heavy atom. The zero-order chi connectivity index (χ0) is 28.8.